The van der Waals surface area contributed by atoms with Gasteiger partial charge >= 0.3 is 0 Å². The van der Waals surface area contributed by atoms with Crippen molar-refractivity contribution in [3.63, 3.8) is 0 Å². The molecule has 0 aromatic carbocycles. The zero-order valence-corrected chi connectivity index (χ0v) is 6.55. The van der Waals surface area contributed by atoms with Crippen molar-refractivity contribution < 1.29 is 8.78 Å². The molecule has 0 aliphatic carbocycles. The summed E-state index contributed by atoms with van der Waals surface area (Å²) in [7, 11) is 0. The second-order valence-electron chi connectivity index (χ2n) is 1.31. The Morgan fingerprint density at radius 3 is 2.56 bits per heavy atom. The Morgan fingerprint density at radius 2 is 2.33 bits per heavy atom. The van der Waals surface area contributed by atoms with Gasteiger partial charge in [-0.3, -0.25) is 0 Å². The van der Waals surface area contributed by atoms with Crippen molar-refractivity contribution >= 4 is 27.3 Å². The van der Waals surface area contributed by atoms with E-state index in [2.05, 4.69) is 20.9 Å². The second-order valence-corrected chi connectivity index (χ2v) is 2.95. The van der Waals surface area contributed by atoms with Gasteiger partial charge in [0.2, 0.25) is 0 Å². The summed E-state index contributed by atoms with van der Waals surface area (Å²) in [5, 5.41) is 0. The first-order valence-corrected chi connectivity index (χ1v) is 3.76. The van der Waals surface area contributed by atoms with Gasteiger partial charge in [0.05, 0.1) is 5.51 Å². The molecular weight excluding hydrogens is 212 g/mol. The van der Waals surface area contributed by atoms with Crippen LogP contribution in [0.25, 0.3) is 0 Å². The monoisotopic (exact) mass is 213 g/mol. The van der Waals surface area contributed by atoms with Crippen LogP contribution in [0, 0.1) is 0 Å². The average Bonchev–Trinajstić information content (AvgIpc) is 2.13. The van der Waals surface area contributed by atoms with Crippen LogP contribution in [-0.4, -0.2) is 4.98 Å². The third-order valence-electron chi connectivity index (χ3n) is 0.747. The molecule has 1 aromatic heterocycles. The molecule has 0 bridgehead atoms. The fourth-order valence-corrected chi connectivity index (χ4v) is 1.60. The van der Waals surface area contributed by atoms with Crippen LogP contribution in [0.2, 0.25) is 0 Å². The minimum Gasteiger partial charge on any atom is -0.237 e. The standard InChI is InChI=1S/C4H2BrF2NS/c5-3-2(4(6)7)9-1-8-3/h1,4H. The molecule has 0 unspecified atom stereocenters. The molecule has 0 N–H and O–H groups in total. The lowest BCUT2D eigenvalue weighted by atomic mass is 10.6. The number of halogens is 3. The van der Waals surface area contributed by atoms with Crippen molar-refractivity contribution in [1.29, 1.82) is 0 Å². The van der Waals surface area contributed by atoms with E-state index in [1.807, 2.05) is 0 Å². The Balaban J connectivity index is 2.94. The van der Waals surface area contributed by atoms with Gasteiger partial charge in [0.25, 0.3) is 6.43 Å². The van der Waals surface area contributed by atoms with E-state index in [0.717, 1.165) is 11.3 Å². The largest absolute Gasteiger partial charge is 0.275 e. The molecule has 9 heavy (non-hydrogen) atoms. The molecule has 0 fully saturated rings. The van der Waals surface area contributed by atoms with Gasteiger partial charge < -0.3 is 0 Å². The highest BCUT2D eigenvalue weighted by Crippen LogP contribution is 2.29. The maximum absolute atomic E-state index is 11.8. The highest BCUT2D eigenvalue weighted by atomic mass is 79.9. The van der Waals surface area contributed by atoms with Gasteiger partial charge in [-0.2, -0.15) is 0 Å². The quantitative estimate of drug-likeness (QED) is 0.700. The van der Waals surface area contributed by atoms with E-state index in [1.165, 1.54) is 5.51 Å². The Bertz CT molecular complexity index is 200. The minimum atomic E-state index is -2.41. The first kappa shape index (κ1) is 7.08. The van der Waals surface area contributed by atoms with E-state index in [-0.39, 0.29) is 9.48 Å². The van der Waals surface area contributed by atoms with E-state index >= 15 is 0 Å². The summed E-state index contributed by atoms with van der Waals surface area (Å²) in [5.41, 5.74) is 1.38. The Kier molecular flexibility index (Phi) is 2.13. The van der Waals surface area contributed by atoms with Gasteiger partial charge in [-0.25, -0.2) is 13.8 Å². The summed E-state index contributed by atoms with van der Waals surface area (Å²) >= 11 is 3.84. The summed E-state index contributed by atoms with van der Waals surface area (Å²) < 4.78 is 23.9. The highest BCUT2D eigenvalue weighted by molar-refractivity contribution is 9.10. The van der Waals surface area contributed by atoms with Crippen molar-refractivity contribution in [2.24, 2.45) is 0 Å². The average molecular weight is 214 g/mol. The number of aromatic nitrogens is 1. The van der Waals surface area contributed by atoms with Gasteiger partial charge in [-0.1, -0.05) is 0 Å². The van der Waals surface area contributed by atoms with E-state index in [4.69, 9.17) is 0 Å². The summed E-state index contributed by atoms with van der Waals surface area (Å²) in [5.74, 6) is 0. The van der Waals surface area contributed by atoms with Gasteiger partial charge in [0.15, 0.2) is 0 Å². The Hall–Kier alpha value is -0.0300. The smallest absolute Gasteiger partial charge is 0.237 e. The van der Waals surface area contributed by atoms with Crippen LogP contribution in [0.5, 0.6) is 0 Å². The summed E-state index contributed by atoms with van der Waals surface area (Å²) in [6, 6.07) is 0. The van der Waals surface area contributed by atoms with Crippen molar-refractivity contribution in [2.75, 3.05) is 0 Å². The predicted molar refractivity (Wildman–Crippen MR) is 34.8 cm³/mol. The molecule has 1 nitrogen and oxygen atoms in total. The van der Waals surface area contributed by atoms with Crippen LogP contribution in [0.1, 0.15) is 11.3 Å². The zero-order chi connectivity index (χ0) is 6.85. The maximum atomic E-state index is 11.8. The first-order valence-electron chi connectivity index (χ1n) is 2.09. The fraction of sp³-hybridized carbons (Fsp3) is 0.250. The number of nitrogens with zero attached hydrogens (tertiary/aromatic N) is 1. The van der Waals surface area contributed by atoms with Crippen LogP contribution >= 0.6 is 27.3 Å². The number of rotatable bonds is 1. The van der Waals surface area contributed by atoms with Gasteiger partial charge in [0, 0.05) is 0 Å². The Morgan fingerprint density at radius 1 is 1.67 bits per heavy atom. The molecule has 0 aliphatic rings. The lowest BCUT2D eigenvalue weighted by Gasteiger charge is -1.90. The van der Waals surface area contributed by atoms with Crippen LogP contribution in [-0.2, 0) is 0 Å². The van der Waals surface area contributed by atoms with Crippen molar-refractivity contribution in [3.8, 4) is 0 Å². The molecule has 0 radical (unpaired) electrons. The minimum absolute atomic E-state index is 0.00463. The van der Waals surface area contributed by atoms with Crippen LogP contribution in [0.4, 0.5) is 8.78 Å². The molecule has 0 spiro atoms. The van der Waals surface area contributed by atoms with E-state index in [0.29, 0.717) is 0 Å². The van der Waals surface area contributed by atoms with E-state index in [9.17, 15) is 8.78 Å². The van der Waals surface area contributed by atoms with Gasteiger partial charge in [-0.15, -0.1) is 11.3 Å². The highest BCUT2D eigenvalue weighted by Gasteiger charge is 2.12. The number of alkyl halides is 2. The second kappa shape index (κ2) is 2.70. The lowest BCUT2D eigenvalue weighted by molar-refractivity contribution is 0.154. The third-order valence-corrected chi connectivity index (χ3v) is 2.48. The van der Waals surface area contributed by atoms with Crippen molar-refractivity contribution in [1.82, 2.24) is 4.98 Å². The molecule has 0 saturated heterocycles. The number of hydrogen-bond donors (Lipinski definition) is 0. The summed E-state index contributed by atoms with van der Waals surface area (Å²) in [6.07, 6.45) is -2.41. The normalized spacial score (nSPS) is 10.7. The zero-order valence-electron chi connectivity index (χ0n) is 4.14. The molecule has 1 heterocycles. The van der Waals surface area contributed by atoms with Crippen molar-refractivity contribution in [2.45, 2.75) is 6.43 Å². The predicted octanol–water partition coefficient (Wildman–Crippen LogP) is 2.84. The Labute approximate surface area is 62.9 Å². The topological polar surface area (TPSA) is 12.9 Å². The SMILES string of the molecule is FC(F)c1scnc1Br. The maximum Gasteiger partial charge on any atom is 0.275 e. The molecule has 0 amide bonds. The molecule has 1 rings (SSSR count). The number of thiazole rings is 1. The van der Waals surface area contributed by atoms with E-state index < -0.39 is 6.43 Å². The molecule has 50 valence electrons. The van der Waals surface area contributed by atoms with Crippen LogP contribution in [0.15, 0.2) is 10.1 Å². The van der Waals surface area contributed by atoms with Gasteiger partial charge in [-0.05, 0) is 15.9 Å². The molecule has 5 heteroatoms. The fourth-order valence-electron chi connectivity index (χ4n) is 0.383. The van der Waals surface area contributed by atoms with Crippen LogP contribution in [0.3, 0.4) is 0 Å². The van der Waals surface area contributed by atoms with Crippen molar-refractivity contribution in [3.05, 3.63) is 15.0 Å². The molecule has 1 aromatic rings. The number of hydrogen-bond acceptors (Lipinski definition) is 2. The van der Waals surface area contributed by atoms with E-state index in [1.54, 1.807) is 0 Å². The van der Waals surface area contributed by atoms with Crippen LogP contribution < -0.4 is 0 Å². The summed E-state index contributed by atoms with van der Waals surface area (Å²) in [4.78, 5) is 3.59. The molecule has 0 saturated carbocycles. The lowest BCUT2D eigenvalue weighted by Crippen LogP contribution is -1.77. The first-order chi connectivity index (χ1) is 4.22. The molecule has 0 atom stereocenters. The third kappa shape index (κ3) is 1.46. The molecule has 0 aliphatic heterocycles. The summed E-state index contributed by atoms with van der Waals surface area (Å²) in [6.45, 7) is 0. The van der Waals surface area contributed by atoms with Gasteiger partial charge in [0.1, 0.15) is 9.48 Å². The molecular formula is C4H2BrF2NS.